The fourth-order valence-electron chi connectivity index (χ4n) is 1.72. The number of imidazole rings is 1. The predicted molar refractivity (Wildman–Crippen MR) is 83.6 cm³/mol. The molecule has 0 unspecified atom stereocenters. The summed E-state index contributed by atoms with van der Waals surface area (Å²) in [5.41, 5.74) is 1.34. The zero-order valence-corrected chi connectivity index (χ0v) is 13.1. The third-order valence-electron chi connectivity index (χ3n) is 2.62. The highest BCUT2D eigenvalue weighted by Crippen LogP contribution is 2.15. The lowest BCUT2D eigenvalue weighted by Crippen LogP contribution is -2.23. The van der Waals surface area contributed by atoms with Crippen molar-refractivity contribution in [3.05, 3.63) is 39.5 Å². The van der Waals surface area contributed by atoms with Gasteiger partial charge in [0.2, 0.25) is 0 Å². The van der Waals surface area contributed by atoms with Crippen molar-refractivity contribution in [3.8, 4) is 0 Å². The molecule has 1 N–H and O–H groups in total. The van der Waals surface area contributed by atoms with Crippen LogP contribution in [0.25, 0.3) is 4.96 Å². The fourth-order valence-corrected chi connectivity index (χ4v) is 3.93. The molecular formula is C12H12N4OS3. The first-order valence-electron chi connectivity index (χ1n) is 5.89. The van der Waals surface area contributed by atoms with Crippen LogP contribution in [-0.4, -0.2) is 26.5 Å². The van der Waals surface area contributed by atoms with E-state index in [0.29, 0.717) is 12.2 Å². The summed E-state index contributed by atoms with van der Waals surface area (Å²) in [5.74, 6) is 0.746. The first-order valence-corrected chi connectivity index (χ1v) is 9.04. The van der Waals surface area contributed by atoms with Crippen molar-refractivity contribution in [3.63, 3.8) is 0 Å². The van der Waals surface area contributed by atoms with Crippen molar-refractivity contribution >= 4 is 45.3 Å². The smallest absolute Gasteiger partial charge is 0.271 e. The number of carbonyl (C=O) groups is 1. The minimum absolute atomic E-state index is 0.166. The van der Waals surface area contributed by atoms with Gasteiger partial charge < -0.3 is 5.32 Å². The van der Waals surface area contributed by atoms with Crippen LogP contribution in [0.2, 0.25) is 0 Å². The summed E-state index contributed by atoms with van der Waals surface area (Å²) in [4.78, 5) is 21.6. The van der Waals surface area contributed by atoms with Crippen LogP contribution in [0, 0.1) is 0 Å². The second kappa shape index (κ2) is 5.94. The van der Waals surface area contributed by atoms with Gasteiger partial charge in [-0.3, -0.25) is 9.20 Å². The van der Waals surface area contributed by atoms with Gasteiger partial charge in [0.1, 0.15) is 10.7 Å². The Labute approximate surface area is 128 Å². The van der Waals surface area contributed by atoms with Gasteiger partial charge in [-0.25, -0.2) is 9.97 Å². The largest absolute Gasteiger partial charge is 0.345 e. The molecule has 1 amide bonds. The molecule has 5 nitrogen and oxygen atoms in total. The SMILES string of the molecule is CSCc1nc(CNC(=O)c2cn3ccsc3n2)cs1. The average Bonchev–Trinajstić information content (AvgIpc) is 3.11. The molecule has 0 saturated heterocycles. The Kier molecular flexibility index (Phi) is 4.04. The molecule has 3 heterocycles. The number of rotatable bonds is 5. The molecule has 3 aromatic rings. The lowest BCUT2D eigenvalue weighted by atomic mass is 10.4. The van der Waals surface area contributed by atoms with Gasteiger partial charge in [-0.05, 0) is 6.26 Å². The number of fused-ring (bicyclic) bond motifs is 1. The van der Waals surface area contributed by atoms with Gasteiger partial charge >= 0.3 is 0 Å². The van der Waals surface area contributed by atoms with Crippen LogP contribution in [0.1, 0.15) is 21.2 Å². The van der Waals surface area contributed by atoms with Gasteiger partial charge in [0.15, 0.2) is 4.96 Å². The monoisotopic (exact) mass is 324 g/mol. The van der Waals surface area contributed by atoms with E-state index in [2.05, 4.69) is 15.3 Å². The summed E-state index contributed by atoms with van der Waals surface area (Å²) in [6, 6.07) is 0. The number of nitrogens with zero attached hydrogens (tertiary/aromatic N) is 3. The summed E-state index contributed by atoms with van der Waals surface area (Å²) in [5, 5.41) is 7.86. The van der Waals surface area contributed by atoms with Gasteiger partial charge in [-0.1, -0.05) is 0 Å². The van der Waals surface area contributed by atoms with E-state index >= 15 is 0 Å². The highest BCUT2D eigenvalue weighted by atomic mass is 32.2. The molecule has 0 aromatic carbocycles. The number of hydrogen-bond acceptors (Lipinski definition) is 6. The number of amides is 1. The van der Waals surface area contributed by atoms with Crippen LogP contribution in [0.4, 0.5) is 0 Å². The van der Waals surface area contributed by atoms with E-state index in [-0.39, 0.29) is 5.91 Å². The minimum Gasteiger partial charge on any atom is -0.345 e. The summed E-state index contributed by atoms with van der Waals surface area (Å²) < 4.78 is 1.85. The quantitative estimate of drug-likeness (QED) is 0.784. The second-order valence-corrected chi connectivity index (χ2v) is 6.75. The molecule has 0 spiro atoms. The summed E-state index contributed by atoms with van der Waals surface area (Å²) in [6.45, 7) is 0.439. The zero-order chi connectivity index (χ0) is 13.9. The maximum atomic E-state index is 12.0. The molecule has 0 fully saturated rings. The number of hydrogen-bond donors (Lipinski definition) is 1. The van der Waals surface area contributed by atoms with Crippen molar-refractivity contribution in [2.24, 2.45) is 0 Å². The zero-order valence-electron chi connectivity index (χ0n) is 10.7. The standard InChI is InChI=1S/C12H12N4OS3/c1-18-7-10-14-8(6-20-10)4-13-11(17)9-5-16-2-3-19-12(16)15-9/h2-3,5-6H,4,7H2,1H3,(H,13,17). The molecule has 0 atom stereocenters. The maximum absolute atomic E-state index is 12.0. The van der Waals surface area contributed by atoms with Gasteiger partial charge in [0.05, 0.1) is 12.2 Å². The minimum atomic E-state index is -0.166. The number of thioether (sulfide) groups is 1. The normalized spacial score (nSPS) is 11.1. The molecule has 0 aliphatic carbocycles. The van der Waals surface area contributed by atoms with E-state index in [1.54, 1.807) is 29.3 Å². The Bertz CT molecular complexity index is 701. The fraction of sp³-hybridized carbons (Fsp3) is 0.250. The Morgan fingerprint density at radius 1 is 1.45 bits per heavy atom. The van der Waals surface area contributed by atoms with Gasteiger partial charge in [-0.2, -0.15) is 11.8 Å². The van der Waals surface area contributed by atoms with Crippen LogP contribution in [-0.2, 0) is 12.3 Å². The van der Waals surface area contributed by atoms with E-state index in [4.69, 9.17) is 0 Å². The van der Waals surface area contributed by atoms with Crippen LogP contribution < -0.4 is 5.32 Å². The number of thiazole rings is 2. The van der Waals surface area contributed by atoms with Crippen molar-refractivity contribution in [1.82, 2.24) is 19.7 Å². The first-order chi connectivity index (χ1) is 9.76. The lowest BCUT2D eigenvalue weighted by molar-refractivity contribution is 0.0946. The van der Waals surface area contributed by atoms with Gasteiger partial charge in [0, 0.05) is 28.9 Å². The molecule has 104 valence electrons. The molecule has 20 heavy (non-hydrogen) atoms. The van der Waals surface area contributed by atoms with E-state index in [1.807, 2.05) is 27.6 Å². The molecule has 3 rings (SSSR count). The molecular weight excluding hydrogens is 312 g/mol. The average molecular weight is 324 g/mol. The van der Waals surface area contributed by atoms with Crippen molar-refractivity contribution in [2.75, 3.05) is 6.26 Å². The third kappa shape index (κ3) is 2.87. The van der Waals surface area contributed by atoms with Crippen LogP contribution in [0.15, 0.2) is 23.2 Å². The topological polar surface area (TPSA) is 59.3 Å². The molecule has 0 aliphatic heterocycles. The Morgan fingerprint density at radius 2 is 2.35 bits per heavy atom. The van der Waals surface area contributed by atoms with E-state index < -0.39 is 0 Å². The number of aromatic nitrogens is 3. The van der Waals surface area contributed by atoms with Crippen molar-refractivity contribution < 1.29 is 4.79 Å². The Hall–Kier alpha value is -1.38. The van der Waals surface area contributed by atoms with Crippen molar-refractivity contribution in [1.29, 1.82) is 0 Å². The van der Waals surface area contributed by atoms with Crippen molar-refractivity contribution in [2.45, 2.75) is 12.3 Å². The highest BCUT2D eigenvalue weighted by molar-refractivity contribution is 7.97. The van der Waals surface area contributed by atoms with Crippen LogP contribution >= 0.6 is 34.4 Å². The molecule has 8 heteroatoms. The summed E-state index contributed by atoms with van der Waals surface area (Å²) in [7, 11) is 0. The first kappa shape index (κ1) is 13.6. The maximum Gasteiger partial charge on any atom is 0.271 e. The Balaban J connectivity index is 1.62. The molecule has 3 aromatic heterocycles. The third-order valence-corrected chi connectivity index (χ3v) is 5.04. The van der Waals surface area contributed by atoms with E-state index in [1.165, 1.54) is 11.3 Å². The van der Waals surface area contributed by atoms with Crippen LogP contribution in [0.3, 0.4) is 0 Å². The van der Waals surface area contributed by atoms with Gasteiger partial charge in [-0.15, -0.1) is 22.7 Å². The number of nitrogens with one attached hydrogen (secondary N) is 1. The summed E-state index contributed by atoms with van der Waals surface area (Å²) in [6.07, 6.45) is 5.67. The molecule has 0 bridgehead atoms. The summed E-state index contributed by atoms with van der Waals surface area (Å²) >= 11 is 4.87. The van der Waals surface area contributed by atoms with E-state index in [9.17, 15) is 4.79 Å². The molecule has 0 aliphatic rings. The lowest BCUT2D eigenvalue weighted by Gasteiger charge is -1.99. The predicted octanol–water partition coefficient (Wildman–Crippen LogP) is 2.65. The molecule has 0 saturated carbocycles. The van der Waals surface area contributed by atoms with Crippen LogP contribution in [0.5, 0.6) is 0 Å². The Morgan fingerprint density at radius 3 is 3.15 bits per heavy atom. The number of carbonyl (C=O) groups excluding carboxylic acids is 1. The van der Waals surface area contributed by atoms with E-state index in [0.717, 1.165) is 21.4 Å². The van der Waals surface area contributed by atoms with Gasteiger partial charge in [0.25, 0.3) is 5.91 Å². The highest BCUT2D eigenvalue weighted by Gasteiger charge is 2.11. The second-order valence-electron chi connectivity index (χ2n) is 4.07. The molecule has 0 radical (unpaired) electrons.